The van der Waals surface area contributed by atoms with E-state index in [-0.39, 0.29) is 11.1 Å². The lowest BCUT2D eigenvalue weighted by atomic mass is 10.1. The molecule has 2 heterocycles. The first-order valence-corrected chi connectivity index (χ1v) is 8.05. The summed E-state index contributed by atoms with van der Waals surface area (Å²) < 4.78 is 1.79. The fourth-order valence-electron chi connectivity index (χ4n) is 3.04. The van der Waals surface area contributed by atoms with E-state index in [0.29, 0.717) is 17.9 Å². The second kappa shape index (κ2) is 5.44. The van der Waals surface area contributed by atoms with Crippen molar-refractivity contribution in [2.45, 2.75) is 64.1 Å². The molecule has 1 saturated heterocycles. The molecule has 0 spiro atoms. The highest BCUT2D eigenvalue weighted by molar-refractivity contribution is 5.39. The topological polar surface area (TPSA) is 50.2 Å². The summed E-state index contributed by atoms with van der Waals surface area (Å²) in [6, 6.07) is 1.11. The van der Waals surface area contributed by atoms with Crippen LogP contribution in [-0.4, -0.2) is 34.7 Å². The Labute approximate surface area is 126 Å². The van der Waals surface area contributed by atoms with Crippen LogP contribution in [0.4, 0.5) is 5.82 Å². The molecule has 1 saturated carbocycles. The van der Waals surface area contributed by atoms with Gasteiger partial charge in [0.2, 0.25) is 0 Å². The highest BCUT2D eigenvalue weighted by atomic mass is 16.1. The van der Waals surface area contributed by atoms with Crippen LogP contribution < -0.4 is 15.8 Å². The van der Waals surface area contributed by atoms with E-state index in [1.54, 1.807) is 17.0 Å². The largest absolute Gasteiger partial charge is 0.348 e. The molecule has 0 amide bonds. The zero-order valence-corrected chi connectivity index (χ0v) is 13.3. The van der Waals surface area contributed by atoms with Crippen molar-refractivity contribution in [2.75, 3.05) is 18.0 Å². The fraction of sp³-hybridized carbons (Fsp3) is 0.750. The van der Waals surface area contributed by atoms with Crippen LogP contribution in [0.1, 0.15) is 46.5 Å². The molecular weight excluding hydrogens is 264 g/mol. The van der Waals surface area contributed by atoms with Gasteiger partial charge in [0.15, 0.2) is 5.82 Å². The van der Waals surface area contributed by atoms with Crippen LogP contribution in [-0.2, 0) is 5.54 Å². The standard InChI is InChI=1S/C16H26N4O/c1-16(2,3)20-10-8-17-14(15(20)21)19-9-4-5-13(19)11-18-12-6-7-12/h8,10,12-13,18H,4-7,9,11H2,1-3H3. The number of hydrogen-bond acceptors (Lipinski definition) is 4. The SMILES string of the molecule is CC(C)(C)n1ccnc(N2CCCC2CNC2CC2)c1=O. The van der Waals surface area contributed by atoms with Gasteiger partial charge in [-0.25, -0.2) is 4.98 Å². The molecular formula is C16H26N4O. The average Bonchev–Trinajstić information content (AvgIpc) is 3.13. The van der Waals surface area contributed by atoms with Gasteiger partial charge in [0, 0.05) is 43.1 Å². The molecule has 2 fully saturated rings. The highest BCUT2D eigenvalue weighted by Crippen LogP contribution is 2.24. The van der Waals surface area contributed by atoms with Gasteiger partial charge in [0.1, 0.15) is 0 Å². The van der Waals surface area contributed by atoms with E-state index in [2.05, 4.69) is 15.2 Å². The quantitative estimate of drug-likeness (QED) is 0.917. The maximum atomic E-state index is 12.7. The summed E-state index contributed by atoms with van der Waals surface area (Å²) in [5.74, 6) is 0.618. The Morgan fingerprint density at radius 2 is 2.10 bits per heavy atom. The molecule has 1 aliphatic carbocycles. The first kappa shape index (κ1) is 14.6. The lowest BCUT2D eigenvalue weighted by Gasteiger charge is -2.28. The lowest BCUT2D eigenvalue weighted by molar-refractivity contribution is 0.382. The fourth-order valence-corrected chi connectivity index (χ4v) is 3.04. The Morgan fingerprint density at radius 3 is 2.76 bits per heavy atom. The zero-order chi connectivity index (χ0) is 15.0. The molecule has 21 heavy (non-hydrogen) atoms. The van der Waals surface area contributed by atoms with Crippen LogP contribution in [0.25, 0.3) is 0 Å². The predicted octanol–water partition coefficient (Wildman–Crippen LogP) is 1.72. The molecule has 2 aliphatic rings. The molecule has 0 aromatic carbocycles. The number of nitrogens with zero attached hydrogens (tertiary/aromatic N) is 3. The predicted molar refractivity (Wildman–Crippen MR) is 84.9 cm³/mol. The van der Waals surface area contributed by atoms with Crippen molar-refractivity contribution >= 4 is 5.82 Å². The van der Waals surface area contributed by atoms with Crippen LogP contribution in [0.3, 0.4) is 0 Å². The van der Waals surface area contributed by atoms with Crippen molar-refractivity contribution in [1.82, 2.24) is 14.9 Å². The Kier molecular flexibility index (Phi) is 3.78. The van der Waals surface area contributed by atoms with Gasteiger partial charge in [-0.2, -0.15) is 0 Å². The van der Waals surface area contributed by atoms with Gasteiger partial charge in [-0.1, -0.05) is 0 Å². The van der Waals surface area contributed by atoms with Crippen molar-refractivity contribution in [2.24, 2.45) is 0 Å². The second-order valence-corrected chi connectivity index (χ2v) is 7.27. The van der Waals surface area contributed by atoms with Gasteiger partial charge in [-0.15, -0.1) is 0 Å². The third-order valence-corrected chi connectivity index (χ3v) is 4.41. The van der Waals surface area contributed by atoms with Crippen molar-refractivity contribution in [3.8, 4) is 0 Å². The zero-order valence-electron chi connectivity index (χ0n) is 13.3. The minimum absolute atomic E-state index is 0.0309. The smallest absolute Gasteiger partial charge is 0.293 e. The summed E-state index contributed by atoms with van der Waals surface area (Å²) in [7, 11) is 0. The molecule has 5 heteroatoms. The van der Waals surface area contributed by atoms with Crippen LogP contribution in [0.2, 0.25) is 0 Å². The number of aromatic nitrogens is 2. The molecule has 1 aliphatic heterocycles. The second-order valence-electron chi connectivity index (χ2n) is 7.27. The minimum atomic E-state index is -0.212. The molecule has 0 bridgehead atoms. The molecule has 1 unspecified atom stereocenters. The van der Waals surface area contributed by atoms with E-state index in [4.69, 9.17) is 0 Å². The Hall–Kier alpha value is -1.36. The van der Waals surface area contributed by atoms with Crippen LogP contribution in [0, 0.1) is 0 Å². The van der Waals surface area contributed by atoms with Gasteiger partial charge >= 0.3 is 0 Å². The van der Waals surface area contributed by atoms with Crippen molar-refractivity contribution < 1.29 is 0 Å². The highest BCUT2D eigenvalue weighted by Gasteiger charge is 2.30. The van der Waals surface area contributed by atoms with Crippen LogP contribution in [0.5, 0.6) is 0 Å². The molecule has 1 aromatic heterocycles. The molecule has 1 N–H and O–H groups in total. The molecule has 5 nitrogen and oxygen atoms in total. The van der Waals surface area contributed by atoms with E-state index >= 15 is 0 Å². The summed E-state index contributed by atoms with van der Waals surface area (Å²) in [5.41, 5.74) is -0.181. The summed E-state index contributed by atoms with van der Waals surface area (Å²) >= 11 is 0. The van der Waals surface area contributed by atoms with Gasteiger partial charge in [0.05, 0.1) is 0 Å². The molecule has 1 atom stereocenters. The first-order valence-electron chi connectivity index (χ1n) is 8.05. The van der Waals surface area contributed by atoms with E-state index in [0.717, 1.165) is 25.9 Å². The van der Waals surface area contributed by atoms with Crippen LogP contribution in [0.15, 0.2) is 17.2 Å². The molecule has 0 radical (unpaired) electrons. The summed E-state index contributed by atoms with van der Waals surface area (Å²) in [5, 5.41) is 3.58. The molecule has 116 valence electrons. The lowest BCUT2D eigenvalue weighted by Crippen LogP contribution is -2.44. The first-order chi connectivity index (χ1) is 9.97. The van der Waals surface area contributed by atoms with Gasteiger partial charge in [-0.05, 0) is 46.5 Å². The summed E-state index contributed by atoms with van der Waals surface area (Å²) in [4.78, 5) is 19.3. The molecule has 3 rings (SSSR count). The minimum Gasteiger partial charge on any atom is -0.348 e. The van der Waals surface area contributed by atoms with Gasteiger partial charge < -0.3 is 14.8 Å². The Balaban J connectivity index is 1.83. The number of nitrogens with one attached hydrogen (secondary N) is 1. The van der Waals surface area contributed by atoms with Gasteiger partial charge in [0.25, 0.3) is 5.56 Å². The van der Waals surface area contributed by atoms with E-state index in [1.165, 1.54) is 12.8 Å². The van der Waals surface area contributed by atoms with E-state index < -0.39 is 0 Å². The monoisotopic (exact) mass is 290 g/mol. The number of anilines is 1. The molecule has 1 aromatic rings. The Bertz CT molecular complexity index is 556. The van der Waals surface area contributed by atoms with Crippen molar-refractivity contribution in [3.05, 3.63) is 22.7 Å². The maximum absolute atomic E-state index is 12.7. The maximum Gasteiger partial charge on any atom is 0.293 e. The summed E-state index contributed by atoms with van der Waals surface area (Å²) in [6.07, 6.45) is 8.43. The van der Waals surface area contributed by atoms with Gasteiger partial charge in [-0.3, -0.25) is 4.79 Å². The normalized spacial score (nSPS) is 22.8. The van der Waals surface area contributed by atoms with Crippen molar-refractivity contribution in [3.63, 3.8) is 0 Å². The van der Waals surface area contributed by atoms with Crippen molar-refractivity contribution in [1.29, 1.82) is 0 Å². The van der Waals surface area contributed by atoms with E-state index in [1.807, 2.05) is 20.8 Å². The third kappa shape index (κ3) is 3.12. The number of rotatable bonds is 4. The third-order valence-electron chi connectivity index (χ3n) is 4.41. The number of hydrogen-bond donors (Lipinski definition) is 1. The Morgan fingerprint density at radius 1 is 1.33 bits per heavy atom. The van der Waals surface area contributed by atoms with Crippen LogP contribution >= 0.6 is 0 Å². The average molecular weight is 290 g/mol. The summed E-state index contributed by atoms with van der Waals surface area (Å²) in [6.45, 7) is 8.06. The van der Waals surface area contributed by atoms with E-state index in [9.17, 15) is 4.79 Å².